The van der Waals surface area contributed by atoms with E-state index in [0.29, 0.717) is 36.3 Å². The van der Waals surface area contributed by atoms with Gasteiger partial charge in [-0.25, -0.2) is 4.39 Å². The normalized spacial score (nSPS) is 21.5. The van der Waals surface area contributed by atoms with Crippen molar-refractivity contribution in [3.8, 4) is 23.0 Å². The zero-order valence-corrected chi connectivity index (χ0v) is 19.0. The molecule has 9 nitrogen and oxygen atoms in total. The van der Waals surface area contributed by atoms with E-state index in [1.54, 1.807) is 6.07 Å². The number of methoxy groups -OCH3 is 1. The molecule has 10 heteroatoms. The van der Waals surface area contributed by atoms with E-state index in [1.165, 1.54) is 19.4 Å². The van der Waals surface area contributed by atoms with E-state index in [-0.39, 0.29) is 29.0 Å². The van der Waals surface area contributed by atoms with Crippen molar-refractivity contribution in [1.82, 2.24) is 20.3 Å². The molecule has 6 rings (SSSR count). The number of hydrogen-bond acceptors (Lipinski definition) is 8. The van der Waals surface area contributed by atoms with Gasteiger partial charge in [-0.3, -0.25) is 15.1 Å². The van der Waals surface area contributed by atoms with Crippen LogP contribution in [0.5, 0.6) is 11.8 Å². The number of halogens is 1. The van der Waals surface area contributed by atoms with E-state index >= 15 is 4.39 Å². The monoisotopic (exact) mass is 474 g/mol. The van der Waals surface area contributed by atoms with Gasteiger partial charge in [-0.05, 0) is 35.7 Å². The summed E-state index contributed by atoms with van der Waals surface area (Å²) in [5.41, 5.74) is 5.43. The standard InChI is InChI=1S/C25H23FN6O3/c1-35-24-29-21-18(22(30-24)32-11-14-6-7-25(12-32,31-14)23(27)34)10-28-20(19(21)26)17-9-15(33)8-13-4-2-3-5-16(13)17/h2-5,8-10,14,31,33H,6-7,11-12H2,1H3,(H2,27,34). The van der Waals surface area contributed by atoms with E-state index < -0.39 is 17.3 Å². The number of phenolic OH excluding ortho intramolecular Hbond substituents is 1. The van der Waals surface area contributed by atoms with Gasteiger partial charge in [0.1, 0.15) is 28.3 Å². The summed E-state index contributed by atoms with van der Waals surface area (Å²) in [6, 6.07) is 10.6. The number of primary amides is 1. The van der Waals surface area contributed by atoms with Crippen LogP contribution in [0.2, 0.25) is 0 Å². The summed E-state index contributed by atoms with van der Waals surface area (Å²) in [7, 11) is 1.42. The molecule has 2 saturated heterocycles. The van der Waals surface area contributed by atoms with Gasteiger partial charge in [0.2, 0.25) is 5.91 Å². The van der Waals surface area contributed by atoms with Crippen molar-refractivity contribution in [3.63, 3.8) is 0 Å². The molecule has 2 aromatic carbocycles. The SMILES string of the molecule is COc1nc(N2CC3CCC(C(N)=O)(C2)N3)c2cnc(-c3cc(O)cc4ccccc34)c(F)c2n1. The number of pyridine rings is 1. The Morgan fingerprint density at radius 2 is 2.11 bits per heavy atom. The van der Waals surface area contributed by atoms with Gasteiger partial charge in [-0.1, -0.05) is 24.3 Å². The number of piperazine rings is 1. The minimum atomic E-state index is -0.861. The molecule has 2 atom stereocenters. The lowest BCUT2D eigenvalue weighted by atomic mass is 9.96. The second-order valence-electron chi connectivity index (χ2n) is 9.14. The van der Waals surface area contributed by atoms with Gasteiger partial charge in [-0.15, -0.1) is 0 Å². The number of aromatic nitrogens is 3. The van der Waals surface area contributed by atoms with E-state index in [1.807, 2.05) is 29.2 Å². The van der Waals surface area contributed by atoms with Crippen molar-refractivity contribution >= 4 is 33.4 Å². The molecule has 2 unspecified atom stereocenters. The van der Waals surface area contributed by atoms with Crippen LogP contribution in [0.4, 0.5) is 10.2 Å². The highest BCUT2D eigenvalue weighted by atomic mass is 19.1. The molecule has 0 spiro atoms. The maximum Gasteiger partial charge on any atom is 0.318 e. The molecule has 4 aromatic rings. The topological polar surface area (TPSA) is 126 Å². The first-order valence-corrected chi connectivity index (χ1v) is 11.3. The fourth-order valence-corrected chi connectivity index (χ4v) is 5.34. The zero-order chi connectivity index (χ0) is 24.3. The average molecular weight is 474 g/mol. The van der Waals surface area contributed by atoms with Crippen LogP contribution in [0.1, 0.15) is 12.8 Å². The van der Waals surface area contributed by atoms with E-state index in [4.69, 9.17) is 10.5 Å². The van der Waals surface area contributed by atoms with E-state index in [9.17, 15) is 9.90 Å². The molecule has 4 N–H and O–H groups in total. The summed E-state index contributed by atoms with van der Waals surface area (Å²) >= 11 is 0. The van der Waals surface area contributed by atoms with Crippen molar-refractivity contribution < 1.29 is 19.0 Å². The molecule has 2 bridgehead atoms. The third kappa shape index (κ3) is 3.32. The summed E-state index contributed by atoms with van der Waals surface area (Å²) in [5, 5.41) is 15.5. The summed E-state index contributed by atoms with van der Waals surface area (Å²) in [6.07, 6.45) is 2.97. The number of fused-ring (bicyclic) bond motifs is 4. The highest BCUT2D eigenvalue weighted by Crippen LogP contribution is 2.38. The predicted molar refractivity (Wildman–Crippen MR) is 129 cm³/mol. The lowest BCUT2D eigenvalue weighted by Crippen LogP contribution is -2.65. The fraction of sp³-hybridized carbons (Fsp3) is 0.280. The van der Waals surface area contributed by atoms with Gasteiger partial charge in [-0.2, -0.15) is 9.97 Å². The van der Waals surface area contributed by atoms with E-state index in [0.717, 1.165) is 17.2 Å². The number of benzene rings is 2. The number of rotatable bonds is 4. The Hall–Kier alpha value is -4.05. The first kappa shape index (κ1) is 21.5. The second-order valence-corrected chi connectivity index (χ2v) is 9.14. The van der Waals surface area contributed by atoms with Crippen molar-refractivity contribution in [1.29, 1.82) is 0 Å². The Balaban J connectivity index is 1.54. The Bertz CT molecular complexity index is 1510. The molecule has 35 heavy (non-hydrogen) atoms. The summed E-state index contributed by atoms with van der Waals surface area (Å²) in [5.74, 6) is -0.626. The molecular weight excluding hydrogens is 451 g/mol. The van der Waals surface area contributed by atoms with E-state index in [2.05, 4.69) is 20.3 Å². The number of carbonyl (C=O) groups excluding carboxylic acids is 1. The Labute approximate surface area is 199 Å². The van der Waals surface area contributed by atoms with Gasteiger partial charge in [0.05, 0.1) is 12.5 Å². The number of nitrogens with two attached hydrogens (primary N) is 1. The summed E-state index contributed by atoms with van der Waals surface area (Å²) in [6.45, 7) is 0.875. The molecule has 2 aliphatic rings. The summed E-state index contributed by atoms with van der Waals surface area (Å²) in [4.78, 5) is 27.4. The van der Waals surface area contributed by atoms with Crippen molar-refractivity contribution in [2.75, 3.05) is 25.1 Å². The zero-order valence-electron chi connectivity index (χ0n) is 19.0. The van der Waals surface area contributed by atoms with Crippen LogP contribution < -0.4 is 20.7 Å². The Morgan fingerprint density at radius 1 is 1.29 bits per heavy atom. The molecule has 4 heterocycles. The summed E-state index contributed by atoms with van der Waals surface area (Å²) < 4.78 is 21.4. The highest BCUT2D eigenvalue weighted by molar-refractivity contribution is 6.00. The van der Waals surface area contributed by atoms with Crippen molar-refractivity contribution in [2.24, 2.45) is 5.73 Å². The van der Waals surface area contributed by atoms with Gasteiger partial charge in [0.25, 0.3) is 0 Å². The molecule has 2 aromatic heterocycles. The minimum Gasteiger partial charge on any atom is -0.508 e. The molecular formula is C25H23FN6O3. The van der Waals surface area contributed by atoms with Gasteiger partial charge < -0.3 is 20.5 Å². The van der Waals surface area contributed by atoms with Gasteiger partial charge in [0.15, 0.2) is 5.82 Å². The van der Waals surface area contributed by atoms with Crippen LogP contribution in [0, 0.1) is 5.82 Å². The van der Waals surface area contributed by atoms with Crippen LogP contribution in [0.3, 0.4) is 0 Å². The number of nitrogens with one attached hydrogen (secondary N) is 1. The number of phenols is 1. The molecule has 0 saturated carbocycles. The molecule has 2 aliphatic heterocycles. The Morgan fingerprint density at radius 3 is 2.91 bits per heavy atom. The smallest absolute Gasteiger partial charge is 0.318 e. The van der Waals surface area contributed by atoms with Crippen molar-refractivity contribution in [2.45, 2.75) is 24.4 Å². The largest absolute Gasteiger partial charge is 0.508 e. The molecule has 1 amide bonds. The van der Waals surface area contributed by atoms with Crippen LogP contribution in [0.25, 0.3) is 32.9 Å². The number of hydrogen-bond donors (Lipinski definition) is 3. The second kappa shape index (κ2) is 7.74. The van der Waals surface area contributed by atoms with Crippen LogP contribution in [0.15, 0.2) is 42.6 Å². The third-order valence-electron chi connectivity index (χ3n) is 7.00. The maximum atomic E-state index is 16.1. The first-order chi connectivity index (χ1) is 16.9. The number of anilines is 1. The molecule has 2 fully saturated rings. The molecule has 0 aliphatic carbocycles. The Kier molecular flexibility index (Phi) is 4.75. The lowest BCUT2D eigenvalue weighted by Gasteiger charge is -2.40. The molecule has 178 valence electrons. The first-order valence-electron chi connectivity index (χ1n) is 11.3. The lowest BCUT2D eigenvalue weighted by molar-refractivity contribution is -0.123. The minimum absolute atomic E-state index is 0.00308. The van der Waals surface area contributed by atoms with Crippen molar-refractivity contribution in [3.05, 3.63) is 48.4 Å². The van der Waals surface area contributed by atoms with Crippen LogP contribution in [-0.4, -0.2) is 57.7 Å². The van der Waals surface area contributed by atoms with Crippen LogP contribution >= 0.6 is 0 Å². The predicted octanol–water partition coefficient (Wildman–Crippen LogP) is 2.49. The highest BCUT2D eigenvalue weighted by Gasteiger charge is 2.49. The quantitative estimate of drug-likeness (QED) is 0.412. The molecule has 0 radical (unpaired) electrons. The maximum absolute atomic E-state index is 16.1. The average Bonchev–Trinajstić information content (AvgIpc) is 3.18. The van der Waals surface area contributed by atoms with Gasteiger partial charge in [0, 0.05) is 30.9 Å². The number of ether oxygens (including phenoxy) is 1. The third-order valence-corrected chi connectivity index (χ3v) is 7.00. The number of aromatic hydroxyl groups is 1. The number of amides is 1. The number of nitrogens with zero attached hydrogens (tertiary/aromatic N) is 4. The fourth-order valence-electron chi connectivity index (χ4n) is 5.34. The van der Waals surface area contributed by atoms with Crippen LogP contribution in [-0.2, 0) is 4.79 Å². The van der Waals surface area contributed by atoms with Gasteiger partial charge >= 0.3 is 6.01 Å². The number of carbonyl (C=O) groups is 1.